The second-order valence-corrected chi connectivity index (χ2v) is 3.07. The molecule has 0 aliphatic heterocycles. The van der Waals surface area contributed by atoms with Crippen molar-refractivity contribution in [3.05, 3.63) is 32.7 Å². The Morgan fingerprint density at radius 1 is 1.87 bits per heavy atom. The van der Waals surface area contributed by atoms with Gasteiger partial charge in [-0.1, -0.05) is 5.11 Å². The molecule has 1 aromatic heterocycles. The number of carbonyl (C=O) groups is 1. The largest absolute Gasteiger partial charge is 0.462 e. The van der Waals surface area contributed by atoms with Crippen LogP contribution < -0.4 is 0 Å². The second kappa shape index (κ2) is 5.79. The number of hydrogen-bond donors (Lipinski definition) is 0. The maximum Gasteiger partial charge on any atom is 0.340 e. The fraction of sp³-hybridized carbons (Fsp3) is 0.250. The van der Waals surface area contributed by atoms with E-state index in [0.717, 1.165) is 0 Å². The van der Waals surface area contributed by atoms with E-state index < -0.39 is 5.97 Å². The molecule has 0 saturated heterocycles. The van der Waals surface area contributed by atoms with Crippen LogP contribution in [0.4, 0.5) is 0 Å². The maximum absolute atomic E-state index is 11.3. The Morgan fingerprint density at radius 2 is 2.67 bits per heavy atom. The van der Waals surface area contributed by atoms with E-state index in [1.807, 2.05) is 0 Å². The number of nitrogens with zero attached hydrogens (tertiary/aromatic N) is 4. The van der Waals surface area contributed by atoms with Gasteiger partial charge in [0.05, 0.1) is 17.8 Å². The highest BCUT2D eigenvalue weighted by molar-refractivity contribution is 7.07. The van der Waals surface area contributed by atoms with E-state index in [1.165, 1.54) is 17.4 Å². The van der Waals surface area contributed by atoms with Gasteiger partial charge in [-0.25, -0.2) is 9.78 Å². The van der Waals surface area contributed by atoms with E-state index in [0.29, 0.717) is 5.69 Å². The van der Waals surface area contributed by atoms with Crippen LogP contribution in [0, 0.1) is 0 Å². The average molecular weight is 224 g/mol. The molecule has 0 aliphatic carbocycles. The van der Waals surface area contributed by atoms with Gasteiger partial charge < -0.3 is 4.74 Å². The van der Waals surface area contributed by atoms with E-state index in [4.69, 9.17) is 10.3 Å². The molecule has 0 bridgehead atoms. The van der Waals surface area contributed by atoms with Gasteiger partial charge in [0.1, 0.15) is 5.70 Å². The van der Waals surface area contributed by atoms with Gasteiger partial charge in [-0.05, 0) is 18.5 Å². The number of aromatic nitrogens is 1. The number of hydrogen-bond acceptors (Lipinski definition) is 5. The lowest BCUT2D eigenvalue weighted by Gasteiger charge is -1.99. The van der Waals surface area contributed by atoms with E-state index in [1.54, 1.807) is 17.8 Å². The Bertz CT molecular complexity index is 406. The molecular weight excluding hydrogens is 216 g/mol. The molecule has 0 spiro atoms. The Morgan fingerprint density at radius 3 is 3.20 bits per heavy atom. The first kappa shape index (κ1) is 11.2. The highest BCUT2D eigenvalue weighted by atomic mass is 32.1. The Balaban J connectivity index is 2.92. The van der Waals surface area contributed by atoms with Crippen LogP contribution in [0.15, 0.2) is 21.7 Å². The van der Waals surface area contributed by atoms with Crippen LogP contribution in [0.1, 0.15) is 12.6 Å². The smallest absolute Gasteiger partial charge is 0.340 e. The lowest BCUT2D eigenvalue weighted by atomic mass is 10.3. The van der Waals surface area contributed by atoms with Gasteiger partial charge in [0.25, 0.3) is 0 Å². The molecule has 78 valence electrons. The first-order chi connectivity index (χ1) is 7.27. The highest BCUT2D eigenvalue weighted by Gasteiger charge is 2.08. The molecular formula is C8H8N4O2S. The number of carbonyl (C=O) groups excluding carboxylic acids is 1. The summed E-state index contributed by atoms with van der Waals surface area (Å²) in [6.07, 6.45) is 1.38. The Kier molecular flexibility index (Phi) is 4.33. The lowest BCUT2D eigenvalue weighted by Crippen LogP contribution is -2.05. The molecule has 0 N–H and O–H groups in total. The number of azide groups is 1. The molecule has 6 nitrogen and oxygen atoms in total. The van der Waals surface area contributed by atoms with Crippen molar-refractivity contribution >= 4 is 23.4 Å². The van der Waals surface area contributed by atoms with Crippen molar-refractivity contribution in [2.24, 2.45) is 5.11 Å². The van der Waals surface area contributed by atoms with Gasteiger partial charge >= 0.3 is 5.97 Å². The van der Waals surface area contributed by atoms with Crippen LogP contribution >= 0.6 is 11.3 Å². The monoisotopic (exact) mass is 224 g/mol. The Labute approximate surface area is 89.8 Å². The van der Waals surface area contributed by atoms with Crippen LogP contribution in [-0.2, 0) is 9.53 Å². The van der Waals surface area contributed by atoms with E-state index in [2.05, 4.69) is 15.0 Å². The molecule has 0 atom stereocenters. The van der Waals surface area contributed by atoms with Crippen molar-refractivity contribution in [3.8, 4) is 0 Å². The zero-order chi connectivity index (χ0) is 11.1. The van der Waals surface area contributed by atoms with E-state index in [-0.39, 0.29) is 12.3 Å². The van der Waals surface area contributed by atoms with Gasteiger partial charge in [-0.3, -0.25) is 0 Å². The number of esters is 1. The van der Waals surface area contributed by atoms with E-state index >= 15 is 0 Å². The first-order valence-corrected chi connectivity index (χ1v) is 5.04. The van der Waals surface area contributed by atoms with Crippen LogP contribution in [0.3, 0.4) is 0 Å². The second-order valence-electron chi connectivity index (χ2n) is 2.35. The molecule has 0 radical (unpaired) electrons. The third kappa shape index (κ3) is 3.41. The van der Waals surface area contributed by atoms with Crippen LogP contribution in [0.2, 0.25) is 0 Å². The fourth-order valence-corrected chi connectivity index (χ4v) is 1.33. The van der Waals surface area contributed by atoms with Crippen molar-refractivity contribution < 1.29 is 9.53 Å². The topological polar surface area (TPSA) is 88.0 Å². The molecule has 0 unspecified atom stereocenters. The third-order valence-corrected chi connectivity index (χ3v) is 1.98. The molecule has 0 aliphatic rings. The third-order valence-electron chi connectivity index (χ3n) is 1.37. The van der Waals surface area contributed by atoms with Crippen molar-refractivity contribution in [2.75, 3.05) is 6.61 Å². The van der Waals surface area contributed by atoms with Crippen LogP contribution in [0.5, 0.6) is 0 Å². The summed E-state index contributed by atoms with van der Waals surface area (Å²) in [4.78, 5) is 17.8. The SMILES string of the molecule is CCOC(=O)/C(=C\c1cscn1)N=[N+]=[N-]. The van der Waals surface area contributed by atoms with Crippen molar-refractivity contribution in [1.29, 1.82) is 0 Å². The molecule has 1 heterocycles. The van der Waals surface area contributed by atoms with Gasteiger partial charge in [-0.2, -0.15) is 0 Å². The molecule has 1 rings (SSSR count). The van der Waals surface area contributed by atoms with Gasteiger partial charge in [0.15, 0.2) is 0 Å². The summed E-state index contributed by atoms with van der Waals surface area (Å²) in [6.45, 7) is 1.91. The lowest BCUT2D eigenvalue weighted by molar-refractivity contribution is -0.138. The first-order valence-electron chi connectivity index (χ1n) is 4.10. The molecule has 0 amide bonds. The van der Waals surface area contributed by atoms with E-state index in [9.17, 15) is 4.79 Å². The number of ether oxygens (including phenoxy) is 1. The van der Waals surface area contributed by atoms with Crippen molar-refractivity contribution in [3.63, 3.8) is 0 Å². The predicted molar refractivity (Wildman–Crippen MR) is 55.9 cm³/mol. The summed E-state index contributed by atoms with van der Waals surface area (Å²) in [5.41, 5.74) is 10.4. The molecule has 0 fully saturated rings. The van der Waals surface area contributed by atoms with Crippen LogP contribution in [-0.4, -0.2) is 17.6 Å². The zero-order valence-corrected chi connectivity index (χ0v) is 8.77. The maximum atomic E-state index is 11.3. The molecule has 7 heteroatoms. The normalized spacial score (nSPS) is 10.6. The summed E-state index contributed by atoms with van der Waals surface area (Å²) in [6, 6.07) is 0. The van der Waals surface area contributed by atoms with Crippen LogP contribution in [0.25, 0.3) is 16.5 Å². The van der Waals surface area contributed by atoms with Gasteiger partial charge in [0.2, 0.25) is 0 Å². The minimum Gasteiger partial charge on any atom is -0.462 e. The molecule has 0 saturated carbocycles. The van der Waals surface area contributed by atoms with Crippen molar-refractivity contribution in [2.45, 2.75) is 6.92 Å². The minimum atomic E-state index is -0.650. The summed E-state index contributed by atoms with van der Waals surface area (Å²) in [7, 11) is 0. The standard InChI is InChI=1S/C8H8N4O2S/c1-2-14-8(13)7(11-12-9)3-6-4-15-5-10-6/h3-5H,2H2,1H3/b7-3+. The summed E-state index contributed by atoms with van der Waals surface area (Å²) in [5.74, 6) is -0.650. The molecule has 15 heavy (non-hydrogen) atoms. The number of rotatable bonds is 4. The number of thiazole rings is 1. The average Bonchev–Trinajstić information content (AvgIpc) is 2.70. The predicted octanol–water partition coefficient (Wildman–Crippen LogP) is 2.36. The minimum absolute atomic E-state index is 0.0924. The molecule has 1 aromatic rings. The van der Waals surface area contributed by atoms with Gasteiger partial charge in [-0.15, -0.1) is 11.3 Å². The Hall–Kier alpha value is -1.85. The summed E-state index contributed by atoms with van der Waals surface area (Å²) >= 11 is 1.38. The summed E-state index contributed by atoms with van der Waals surface area (Å²) < 4.78 is 4.71. The quantitative estimate of drug-likeness (QED) is 0.258. The zero-order valence-electron chi connectivity index (χ0n) is 7.95. The van der Waals surface area contributed by atoms with Crippen molar-refractivity contribution in [1.82, 2.24) is 4.98 Å². The highest BCUT2D eigenvalue weighted by Crippen LogP contribution is 2.10. The molecule has 0 aromatic carbocycles. The fourth-order valence-electron chi connectivity index (χ4n) is 0.815. The summed E-state index contributed by atoms with van der Waals surface area (Å²) in [5, 5.41) is 4.98. The van der Waals surface area contributed by atoms with Gasteiger partial charge in [0, 0.05) is 10.3 Å².